The van der Waals surface area contributed by atoms with E-state index in [2.05, 4.69) is 20.2 Å². The number of hydrogen-bond donors (Lipinski definition) is 2. The topological polar surface area (TPSA) is 87.6 Å². The summed E-state index contributed by atoms with van der Waals surface area (Å²) < 4.78 is 6.09. The van der Waals surface area contributed by atoms with Crippen molar-refractivity contribution in [3.8, 4) is 0 Å². The van der Waals surface area contributed by atoms with Crippen LogP contribution in [0, 0.1) is 6.92 Å². The van der Waals surface area contributed by atoms with Gasteiger partial charge in [-0.3, -0.25) is 4.79 Å². The Balaban J connectivity index is 1.69. The smallest absolute Gasteiger partial charge is 0.230 e. The molecular weight excluding hydrogens is 352 g/mol. The standard InChI is InChI=1S/C18H28N4O3S/c1-13-4-8-19-16(20-13)22-9-5-18(6-10-22)15(24)17(2,7-11-25-18)21-14(23)12-26-3/h4,8,15,24H,5-7,9-12H2,1-3H3,(H,21,23)/t15-,17+/m0/s1. The minimum absolute atomic E-state index is 0.0401. The van der Waals surface area contributed by atoms with Gasteiger partial charge in [-0.05, 0) is 45.4 Å². The average molecular weight is 381 g/mol. The normalized spacial score (nSPS) is 28.2. The molecule has 144 valence electrons. The molecule has 3 heterocycles. The summed E-state index contributed by atoms with van der Waals surface area (Å²) in [5.74, 6) is 1.08. The van der Waals surface area contributed by atoms with Gasteiger partial charge in [0.25, 0.3) is 0 Å². The number of nitrogens with zero attached hydrogens (tertiary/aromatic N) is 3. The van der Waals surface area contributed by atoms with Crippen LogP contribution in [0.1, 0.15) is 31.9 Å². The lowest BCUT2D eigenvalue weighted by Gasteiger charge is -2.53. The summed E-state index contributed by atoms with van der Waals surface area (Å²) in [6, 6.07) is 1.88. The molecule has 3 rings (SSSR count). The van der Waals surface area contributed by atoms with Gasteiger partial charge in [-0.25, -0.2) is 9.97 Å². The Kier molecular flexibility index (Phi) is 5.74. The molecular formula is C18H28N4O3S. The summed E-state index contributed by atoms with van der Waals surface area (Å²) in [7, 11) is 0. The molecule has 2 aliphatic heterocycles. The fourth-order valence-electron chi connectivity index (χ4n) is 3.97. The van der Waals surface area contributed by atoms with Gasteiger partial charge >= 0.3 is 0 Å². The van der Waals surface area contributed by atoms with E-state index in [1.807, 2.05) is 26.2 Å². The summed E-state index contributed by atoms with van der Waals surface area (Å²) >= 11 is 1.48. The number of ether oxygens (including phenoxy) is 1. The molecule has 26 heavy (non-hydrogen) atoms. The fraction of sp³-hybridized carbons (Fsp3) is 0.722. The third kappa shape index (κ3) is 3.82. The Labute approximate surface area is 158 Å². The maximum absolute atomic E-state index is 12.1. The second kappa shape index (κ2) is 7.70. The first kappa shape index (κ1) is 19.4. The zero-order chi connectivity index (χ0) is 18.8. The van der Waals surface area contributed by atoms with Gasteiger partial charge < -0.3 is 20.1 Å². The molecule has 2 N–H and O–H groups in total. The van der Waals surface area contributed by atoms with Gasteiger partial charge in [0.05, 0.1) is 16.9 Å². The van der Waals surface area contributed by atoms with E-state index >= 15 is 0 Å². The highest BCUT2D eigenvalue weighted by molar-refractivity contribution is 7.99. The summed E-state index contributed by atoms with van der Waals surface area (Å²) in [4.78, 5) is 23.1. The molecule has 2 atom stereocenters. The third-order valence-electron chi connectivity index (χ3n) is 5.49. The summed E-state index contributed by atoms with van der Waals surface area (Å²) in [6.07, 6.45) is 4.90. The highest BCUT2D eigenvalue weighted by Gasteiger charge is 2.53. The Hall–Kier alpha value is -1.38. The highest BCUT2D eigenvalue weighted by atomic mass is 32.2. The Morgan fingerprint density at radius 2 is 2.19 bits per heavy atom. The Morgan fingerprint density at radius 1 is 1.46 bits per heavy atom. The molecule has 1 amide bonds. The SMILES string of the molecule is CSCC(=O)N[C@]1(C)CCOC2(CCN(c3nccc(C)n3)CC2)[C@H]1O. The number of aliphatic hydroxyl groups is 1. The summed E-state index contributed by atoms with van der Waals surface area (Å²) in [6.45, 7) is 5.85. The maximum atomic E-state index is 12.1. The molecule has 0 radical (unpaired) electrons. The molecule has 1 aromatic heterocycles. The largest absolute Gasteiger partial charge is 0.388 e. The molecule has 2 saturated heterocycles. The first-order valence-corrected chi connectivity index (χ1v) is 10.4. The quantitative estimate of drug-likeness (QED) is 0.810. The first-order valence-electron chi connectivity index (χ1n) is 9.05. The van der Waals surface area contributed by atoms with E-state index in [-0.39, 0.29) is 5.91 Å². The van der Waals surface area contributed by atoms with Crippen LogP contribution in [0.3, 0.4) is 0 Å². The van der Waals surface area contributed by atoms with E-state index in [1.54, 1.807) is 6.20 Å². The zero-order valence-electron chi connectivity index (χ0n) is 15.7. The summed E-state index contributed by atoms with van der Waals surface area (Å²) in [5.41, 5.74) is -0.346. The number of thioether (sulfide) groups is 1. The van der Waals surface area contributed by atoms with Crippen molar-refractivity contribution in [2.24, 2.45) is 0 Å². The van der Waals surface area contributed by atoms with Gasteiger partial charge in [-0.2, -0.15) is 11.8 Å². The second-order valence-electron chi connectivity index (χ2n) is 7.45. The van der Waals surface area contributed by atoms with E-state index in [1.165, 1.54) is 11.8 Å². The van der Waals surface area contributed by atoms with Gasteiger partial charge in [0.1, 0.15) is 6.10 Å². The van der Waals surface area contributed by atoms with Crippen LogP contribution in [-0.4, -0.2) is 69.9 Å². The average Bonchev–Trinajstić information content (AvgIpc) is 2.61. The first-order chi connectivity index (χ1) is 12.4. The third-order valence-corrected chi connectivity index (χ3v) is 6.04. The number of aromatic nitrogens is 2. The van der Waals surface area contributed by atoms with Crippen molar-refractivity contribution in [1.82, 2.24) is 15.3 Å². The molecule has 0 saturated carbocycles. The van der Waals surface area contributed by atoms with E-state index in [9.17, 15) is 9.90 Å². The predicted molar refractivity (Wildman–Crippen MR) is 102 cm³/mol. The lowest BCUT2D eigenvalue weighted by molar-refractivity contribution is -0.198. The number of amides is 1. The van der Waals surface area contributed by atoms with Gasteiger partial charge in [0.2, 0.25) is 11.9 Å². The number of piperidine rings is 1. The molecule has 2 fully saturated rings. The molecule has 0 aromatic carbocycles. The lowest BCUT2D eigenvalue weighted by atomic mass is 9.73. The van der Waals surface area contributed by atoms with Crippen LogP contribution in [0.15, 0.2) is 12.3 Å². The molecule has 2 aliphatic rings. The molecule has 0 unspecified atom stereocenters. The molecule has 1 spiro atoms. The van der Waals surface area contributed by atoms with Crippen LogP contribution in [0.25, 0.3) is 0 Å². The number of aliphatic hydroxyl groups excluding tert-OH is 1. The van der Waals surface area contributed by atoms with Crippen LogP contribution in [-0.2, 0) is 9.53 Å². The number of hydrogen-bond acceptors (Lipinski definition) is 7. The highest BCUT2D eigenvalue weighted by Crippen LogP contribution is 2.40. The molecule has 7 nitrogen and oxygen atoms in total. The van der Waals surface area contributed by atoms with Crippen molar-refractivity contribution in [3.63, 3.8) is 0 Å². The number of carbonyl (C=O) groups is 1. The molecule has 0 aliphatic carbocycles. The number of carbonyl (C=O) groups excluding carboxylic acids is 1. The van der Waals surface area contributed by atoms with Gasteiger partial charge in [-0.15, -0.1) is 0 Å². The molecule has 8 heteroatoms. The van der Waals surface area contributed by atoms with Crippen LogP contribution in [0.2, 0.25) is 0 Å². The second-order valence-corrected chi connectivity index (χ2v) is 8.32. The number of rotatable bonds is 4. The van der Waals surface area contributed by atoms with E-state index < -0.39 is 17.2 Å². The Morgan fingerprint density at radius 3 is 2.85 bits per heavy atom. The molecule has 1 aromatic rings. The van der Waals surface area contributed by atoms with E-state index in [4.69, 9.17) is 4.74 Å². The van der Waals surface area contributed by atoms with Crippen molar-refractivity contribution in [1.29, 1.82) is 0 Å². The predicted octanol–water partition coefficient (Wildman–Crippen LogP) is 1.14. The minimum atomic E-state index is -0.741. The number of nitrogens with one attached hydrogen (secondary N) is 1. The number of anilines is 1. The van der Waals surface area contributed by atoms with Crippen LogP contribution in [0.5, 0.6) is 0 Å². The number of aryl methyl sites for hydroxylation is 1. The van der Waals surface area contributed by atoms with Gasteiger partial charge in [-0.1, -0.05) is 0 Å². The van der Waals surface area contributed by atoms with Crippen molar-refractivity contribution >= 4 is 23.6 Å². The maximum Gasteiger partial charge on any atom is 0.230 e. The van der Waals surface area contributed by atoms with Gasteiger partial charge in [0.15, 0.2) is 0 Å². The molecule has 0 bridgehead atoms. The van der Waals surface area contributed by atoms with E-state index in [0.29, 0.717) is 31.6 Å². The van der Waals surface area contributed by atoms with Crippen LogP contribution in [0.4, 0.5) is 5.95 Å². The van der Waals surface area contributed by atoms with Crippen molar-refractivity contribution < 1.29 is 14.6 Å². The monoisotopic (exact) mass is 380 g/mol. The zero-order valence-corrected chi connectivity index (χ0v) is 16.5. The minimum Gasteiger partial charge on any atom is -0.388 e. The van der Waals surface area contributed by atoms with E-state index in [0.717, 1.165) is 24.7 Å². The summed E-state index contributed by atoms with van der Waals surface area (Å²) in [5, 5.41) is 14.2. The lowest BCUT2D eigenvalue weighted by Crippen LogP contribution is -2.69. The fourth-order valence-corrected chi connectivity index (χ4v) is 4.30. The van der Waals surface area contributed by atoms with Crippen LogP contribution >= 0.6 is 11.8 Å². The van der Waals surface area contributed by atoms with Crippen molar-refractivity contribution in [2.45, 2.75) is 50.4 Å². The van der Waals surface area contributed by atoms with Gasteiger partial charge in [0, 0.05) is 31.6 Å². The van der Waals surface area contributed by atoms with Crippen LogP contribution < -0.4 is 10.2 Å². The Bertz CT molecular complexity index is 651. The van der Waals surface area contributed by atoms with Crippen molar-refractivity contribution in [2.75, 3.05) is 36.6 Å². The van der Waals surface area contributed by atoms with Crippen molar-refractivity contribution in [3.05, 3.63) is 18.0 Å².